The summed E-state index contributed by atoms with van der Waals surface area (Å²) in [4.78, 5) is 16.7. The van der Waals surface area contributed by atoms with E-state index in [1.165, 1.54) is 51.5 Å². The van der Waals surface area contributed by atoms with Gasteiger partial charge in [-0.1, -0.05) is 12.1 Å². The Morgan fingerprint density at radius 2 is 1.88 bits per heavy atom. The number of methoxy groups -OCH3 is 1. The number of nitrogens with zero attached hydrogens (tertiary/aromatic N) is 2. The highest BCUT2D eigenvalue weighted by atomic mass is 16.5. The van der Waals surface area contributed by atoms with Gasteiger partial charge in [0.1, 0.15) is 5.82 Å². The molecule has 4 nitrogen and oxygen atoms in total. The molecule has 0 unspecified atom stereocenters. The van der Waals surface area contributed by atoms with Gasteiger partial charge in [0.15, 0.2) is 0 Å². The fourth-order valence-corrected chi connectivity index (χ4v) is 6.39. The molecule has 1 aromatic heterocycles. The molecule has 4 aliphatic rings. The van der Waals surface area contributed by atoms with Gasteiger partial charge < -0.3 is 9.30 Å². The molecule has 4 aliphatic carbocycles. The Morgan fingerprint density at radius 3 is 2.54 bits per heavy atom. The Morgan fingerprint density at radius 1 is 1.19 bits per heavy atom. The first-order valence-corrected chi connectivity index (χ1v) is 9.84. The number of esters is 1. The third-order valence-corrected chi connectivity index (χ3v) is 6.93. The van der Waals surface area contributed by atoms with Crippen molar-refractivity contribution in [2.45, 2.75) is 50.5 Å². The Balaban J connectivity index is 1.45. The van der Waals surface area contributed by atoms with Gasteiger partial charge >= 0.3 is 5.97 Å². The van der Waals surface area contributed by atoms with Crippen LogP contribution < -0.4 is 0 Å². The monoisotopic (exact) mass is 350 g/mol. The Kier molecular flexibility index (Phi) is 3.70. The summed E-state index contributed by atoms with van der Waals surface area (Å²) in [6.45, 7) is 0.766. The van der Waals surface area contributed by atoms with Crippen LogP contribution in [0.15, 0.2) is 36.7 Å². The number of ether oxygens (including phenoxy) is 1. The highest BCUT2D eigenvalue weighted by Crippen LogP contribution is 2.60. The zero-order valence-corrected chi connectivity index (χ0v) is 15.4. The summed E-state index contributed by atoms with van der Waals surface area (Å²) in [5.41, 5.74) is 2.02. The van der Waals surface area contributed by atoms with Crippen molar-refractivity contribution in [3.05, 3.63) is 53.6 Å². The number of benzene rings is 1. The average Bonchev–Trinajstić information content (AvgIpc) is 3.09. The minimum absolute atomic E-state index is 0.279. The summed E-state index contributed by atoms with van der Waals surface area (Å²) in [5.74, 6) is 3.73. The van der Waals surface area contributed by atoms with E-state index in [4.69, 9.17) is 9.72 Å². The van der Waals surface area contributed by atoms with Crippen molar-refractivity contribution < 1.29 is 9.53 Å². The maximum absolute atomic E-state index is 11.8. The van der Waals surface area contributed by atoms with E-state index < -0.39 is 0 Å². The smallest absolute Gasteiger partial charge is 0.337 e. The van der Waals surface area contributed by atoms with Crippen molar-refractivity contribution in [3.8, 4) is 0 Å². The van der Waals surface area contributed by atoms with Gasteiger partial charge in [0.2, 0.25) is 0 Å². The first kappa shape index (κ1) is 16.1. The molecule has 0 radical (unpaired) electrons. The van der Waals surface area contributed by atoms with Gasteiger partial charge in [-0.05, 0) is 74.0 Å². The molecule has 1 aromatic carbocycles. The number of hydrogen-bond acceptors (Lipinski definition) is 3. The SMILES string of the molecule is COC(=O)c1cccc(Cn2ccnc2C23CC4CC(CC(C4)C2)C3)c1. The summed E-state index contributed by atoms with van der Waals surface area (Å²) in [5, 5.41) is 0. The van der Waals surface area contributed by atoms with Crippen molar-refractivity contribution in [1.82, 2.24) is 9.55 Å². The molecule has 4 bridgehead atoms. The first-order valence-electron chi connectivity index (χ1n) is 9.84. The van der Waals surface area contributed by atoms with E-state index in [2.05, 4.69) is 16.8 Å². The van der Waals surface area contributed by atoms with E-state index in [0.717, 1.165) is 29.9 Å². The van der Waals surface area contributed by atoms with Crippen molar-refractivity contribution in [1.29, 1.82) is 0 Å². The van der Waals surface area contributed by atoms with Crippen LogP contribution in [0, 0.1) is 17.8 Å². The lowest BCUT2D eigenvalue weighted by Gasteiger charge is -2.56. The fraction of sp³-hybridized carbons (Fsp3) is 0.545. The van der Waals surface area contributed by atoms with Crippen molar-refractivity contribution >= 4 is 5.97 Å². The molecule has 1 heterocycles. The summed E-state index contributed by atoms with van der Waals surface area (Å²) >= 11 is 0. The predicted molar refractivity (Wildman–Crippen MR) is 99.0 cm³/mol. The third kappa shape index (κ3) is 2.58. The number of rotatable bonds is 4. The molecule has 26 heavy (non-hydrogen) atoms. The molecule has 0 N–H and O–H groups in total. The van der Waals surface area contributed by atoms with Crippen LogP contribution in [-0.4, -0.2) is 22.6 Å². The molecular formula is C22H26N2O2. The van der Waals surface area contributed by atoms with Crippen LogP contribution in [-0.2, 0) is 16.7 Å². The zero-order valence-electron chi connectivity index (χ0n) is 15.4. The molecule has 136 valence electrons. The normalized spacial score (nSPS) is 32.0. The highest BCUT2D eigenvalue weighted by Gasteiger charge is 2.53. The topological polar surface area (TPSA) is 44.1 Å². The third-order valence-electron chi connectivity index (χ3n) is 6.93. The van der Waals surface area contributed by atoms with E-state index in [1.54, 1.807) is 0 Å². The van der Waals surface area contributed by atoms with Gasteiger partial charge in [-0.15, -0.1) is 0 Å². The maximum Gasteiger partial charge on any atom is 0.337 e. The summed E-state index contributed by atoms with van der Waals surface area (Å²) in [6, 6.07) is 7.76. The lowest BCUT2D eigenvalue weighted by Crippen LogP contribution is -2.49. The number of hydrogen-bond donors (Lipinski definition) is 0. The van der Waals surface area contributed by atoms with Crippen LogP contribution in [0.4, 0.5) is 0 Å². The second-order valence-electron chi connectivity index (χ2n) is 8.77. The lowest BCUT2D eigenvalue weighted by molar-refractivity contribution is -0.0108. The van der Waals surface area contributed by atoms with E-state index >= 15 is 0 Å². The second-order valence-corrected chi connectivity index (χ2v) is 8.77. The van der Waals surface area contributed by atoms with Gasteiger partial charge in [-0.3, -0.25) is 0 Å². The number of imidazole rings is 1. The fourth-order valence-electron chi connectivity index (χ4n) is 6.39. The average molecular weight is 350 g/mol. The number of carbonyl (C=O) groups excluding carboxylic acids is 1. The largest absolute Gasteiger partial charge is 0.465 e. The molecular weight excluding hydrogens is 324 g/mol. The quantitative estimate of drug-likeness (QED) is 0.777. The van der Waals surface area contributed by atoms with Crippen LogP contribution in [0.2, 0.25) is 0 Å². The van der Waals surface area contributed by atoms with Gasteiger partial charge in [-0.2, -0.15) is 0 Å². The summed E-state index contributed by atoms with van der Waals surface area (Å²) in [6.07, 6.45) is 12.4. The van der Waals surface area contributed by atoms with Gasteiger partial charge in [0.25, 0.3) is 0 Å². The van der Waals surface area contributed by atoms with E-state index in [9.17, 15) is 4.79 Å². The molecule has 0 atom stereocenters. The first-order chi connectivity index (χ1) is 12.6. The van der Waals surface area contributed by atoms with E-state index in [-0.39, 0.29) is 11.4 Å². The van der Waals surface area contributed by atoms with Crippen molar-refractivity contribution in [2.24, 2.45) is 17.8 Å². The van der Waals surface area contributed by atoms with E-state index in [0.29, 0.717) is 5.56 Å². The number of aromatic nitrogens is 2. The molecule has 6 rings (SSSR count). The van der Waals surface area contributed by atoms with Crippen LogP contribution in [0.5, 0.6) is 0 Å². The molecule has 0 amide bonds. The second kappa shape index (κ2) is 5.97. The summed E-state index contributed by atoms with van der Waals surface area (Å²) in [7, 11) is 1.43. The Labute approximate surface area is 154 Å². The van der Waals surface area contributed by atoms with Crippen LogP contribution in [0.25, 0.3) is 0 Å². The molecule has 4 saturated carbocycles. The summed E-state index contributed by atoms with van der Waals surface area (Å²) < 4.78 is 7.18. The van der Waals surface area contributed by atoms with Crippen LogP contribution >= 0.6 is 0 Å². The minimum Gasteiger partial charge on any atom is -0.465 e. The molecule has 0 aliphatic heterocycles. The predicted octanol–water partition coefficient (Wildman–Crippen LogP) is 4.19. The number of carbonyl (C=O) groups is 1. The highest BCUT2D eigenvalue weighted by molar-refractivity contribution is 5.89. The molecule has 4 heteroatoms. The maximum atomic E-state index is 11.8. The standard InChI is InChI=1S/C22H26N2O2/c1-26-20(25)19-4-2-3-15(10-19)14-24-6-5-23-21(24)22-11-16-7-17(12-22)9-18(8-16)13-22/h2-6,10,16-18H,7-9,11-14H2,1H3. The Hall–Kier alpha value is -2.10. The van der Waals surface area contributed by atoms with Gasteiger partial charge in [0.05, 0.1) is 12.7 Å². The van der Waals surface area contributed by atoms with Gasteiger partial charge in [0, 0.05) is 24.4 Å². The van der Waals surface area contributed by atoms with Crippen LogP contribution in [0.3, 0.4) is 0 Å². The zero-order chi connectivity index (χ0) is 17.7. The molecule has 0 saturated heterocycles. The van der Waals surface area contributed by atoms with Crippen LogP contribution in [0.1, 0.15) is 60.3 Å². The molecule has 2 aromatic rings. The molecule has 4 fully saturated rings. The van der Waals surface area contributed by atoms with Crippen molar-refractivity contribution in [2.75, 3.05) is 7.11 Å². The Bertz CT molecular complexity index is 803. The van der Waals surface area contributed by atoms with Gasteiger partial charge in [-0.25, -0.2) is 9.78 Å². The molecule has 0 spiro atoms. The van der Waals surface area contributed by atoms with E-state index in [1.807, 2.05) is 24.4 Å². The van der Waals surface area contributed by atoms with Crippen molar-refractivity contribution in [3.63, 3.8) is 0 Å². The minimum atomic E-state index is -0.279. The lowest BCUT2D eigenvalue weighted by atomic mass is 9.49.